The number of nitrogen functional groups attached to an aromatic ring is 1. The summed E-state index contributed by atoms with van der Waals surface area (Å²) in [7, 11) is 0. The normalized spacial score (nSPS) is 10.0. The summed E-state index contributed by atoms with van der Waals surface area (Å²) in [5, 5.41) is 20.4. The van der Waals surface area contributed by atoms with Crippen molar-refractivity contribution in [1.82, 2.24) is 15.2 Å². The van der Waals surface area contributed by atoms with Gasteiger partial charge in [0.05, 0.1) is 10.5 Å². The van der Waals surface area contributed by atoms with E-state index >= 15 is 0 Å². The molecule has 2 aromatic heterocycles. The molecule has 0 radical (unpaired) electrons. The average Bonchev–Trinajstić information content (AvgIpc) is 2.81. The molecule has 2 rings (SSSR count). The topological polar surface area (TPSA) is 137 Å². The Morgan fingerprint density at radius 1 is 1.56 bits per heavy atom. The Kier molecular flexibility index (Phi) is 3.10. The molecule has 0 fully saturated rings. The van der Waals surface area contributed by atoms with E-state index in [9.17, 15) is 14.9 Å². The van der Waals surface area contributed by atoms with Gasteiger partial charge >= 0.3 is 0 Å². The smallest absolute Gasteiger partial charge is 0.288 e. The van der Waals surface area contributed by atoms with Gasteiger partial charge < -0.3 is 5.73 Å². The van der Waals surface area contributed by atoms with Crippen molar-refractivity contribution >= 4 is 33.9 Å². The Morgan fingerprint density at radius 3 is 2.94 bits per heavy atom. The number of amides is 1. The van der Waals surface area contributed by atoms with Crippen molar-refractivity contribution in [3.05, 3.63) is 33.5 Å². The molecule has 0 bridgehead atoms. The molecule has 2 aromatic rings. The molecule has 3 N–H and O–H groups in total. The largest absolute Gasteiger partial charge is 0.383 e. The highest BCUT2D eigenvalue weighted by atomic mass is 32.1. The summed E-state index contributed by atoms with van der Waals surface area (Å²) < 4.78 is 0. The molecule has 0 aromatic carbocycles. The van der Waals surface area contributed by atoms with Gasteiger partial charge in [0.15, 0.2) is 0 Å². The molecule has 0 unspecified atom stereocenters. The maximum absolute atomic E-state index is 11.8. The van der Waals surface area contributed by atoms with Crippen LogP contribution in [0.25, 0.3) is 0 Å². The summed E-state index contributed by atoms with van der Waals surface area (Å²) in [5.74, 6) is -0.719. The van der Waals surface area contributed by atoms with E-state index in [2.05, 4.69) is 20.5 Å². The number of anilines is 2. The lowest BCUT2D eigenvalue weighted by Crippen LogP contribution is -2.15. The van der Waals surface area contributed by atoms with Gasteiger partial charge in [-0.1, -0.05) is 11.3 Å². The van der Waals surface area contributed by atoms with Gasteiger partial charge in [-0.15, -0.1) is 10.2 Å². The van der Waals surface area contributed by atoms with Crippen LogP contribution in [0.15, 0.2) is 17.8 Å². The van der Waals surface area contributed by atoms with Crippen LogP contribution in [0.3, 0.4) is 0 Å². The number of nitrogens with zero attached hydrogens (tertiary/aromatic N) is 4. The Morgan fingerprint density at radius 2 is 2.33 bits per heavy atom. The van der Waals surface area contributed by atoms with E-state index in [0.29, 0.717) is 0 Å². The van der Waals surface area contributed by atoms with Crippen LogP contribution in [0, 0.1) is 10.1 Å². The number of rotatable bonds is 3. The van der Waals surface area contributed by atoms with Crippen molar-refractivity contribution in [3.8, 4) is 0 Å². The van der Waals surface area contributed by atoms with Crippen LogP contribution in [-0.4, -0.2) is 26.0 Å². The number of nitro groups is 1. The monoisotopic (exact) mass is 266 g/mol. The van der Waals surface area contributed by atoms with Crippen LogP contribution < -0.4 is 11.1 Å². The number of nitrogens with two attached hydrogens (primary N) is 1. The van der Waals surface area contributed by atoms with Crippen molar-refractivity contribution in [1.29, 1.82) is 0 Å². The summed E-state index contributed by atoms with van der Waals surface area (Å²) in [4.78, 5) is 25.3. The van der Waals surface area contributed by atoms with Crippen LogP contribution in [0.1, 0.15) is 10.4 Å². The third-order valence-corrected chi connectivity index (χ3v) is 2.55. The third kappa shape index (κ3) is 2.38. The SMILES string of the molecule is Nc1ncc([N+](=O)[O-])cc1C(=O)Nc1nncs1. The van der Waals surface area contributed by atoms with E-state index in [4.69, 9.17) is 5.73 Å². The quantitative estimate of drug-likeness (QED) is 0.615. The predicted molar refractivity (Wildman–Crippen MR) is 63.2 cm³/mol. The fourth-order valence-electron chi connectivity index (χ4n) is 1.14. The van der Waals surface area contributed by atoms with Gasteiger partial charge in [-0.3, -0.25) is 20.2 Å². The Balaban J connectivity index is 2.29. The minimum Gasteiger partial charge on any atom is -0.383 e. The second-order valence-corrected chi connectivity index (χ2v) is 3.91. The summed E-state index contributed by atoms with van der Waals surface area (Å²) in [6, 6.07) is 1.05. The van der Waals surface area contributed by atoms with Crippen molar-refractivity contribution < 1.29 is 9.72 Å². The zero-order valence-electron chi connectivity index (χ0n) is 8.73. The maximum atomic E-state index is 11.8. The van der Waals surface area contributed by atoms with E-state index in [1.807, 2.05) is 0 Å². The molecular formula is C8H6N6O3S. The van der Waals surface area contributed by atoms with Gasteiger partial charge in [-0.25, -0.2) is 4.98 Å². The molecule has 0 spiro atoms. The van der Waals surface area contributed by atoms with E-state index in [0.717, 1.165) is 23.6 Å². The molecule has 0 saturated heterocycles. The van der Waals surface area contributed by atoms with Crippen LogP contribution in [0.4, 0.5) is 16.6 Å². The molecular weight excluding hydrogens is 260 g/mol. The molecule has 2 heterocycles. The molecule has 0 atom stereocenters. The zero-order valence-corrected chi connectivity index (χ0v) is 9.55. The molecule has 0 saturated carbocycles. The first-order chi connectivity index (χ1) is 8.58. The lowest BCUT2D eigenvalue weighted by atomic mass is 10.2. The fourth-order valence-corrected chi connectivity index (χ4v) is 1.58. The van der Waals surface area contributed by atoms with Gasteiger partial charge in [0.2, 0.25) is 5.13 Å². The third-order valence-electron chi connectivity index (χ3n) is 1.94. The minimum atomic E-state index is -0.659. The van der Waals surface area contributed by atoms with E-state index < -0.39 is 10.8 Å². The summed E-state index contributed by atoms with van der Waals surface area (Å²) in [6.45, 7) is 0. The van der Waals surface area contributed by atoms with Crippen LogP contribution >= 0.6 is 11.3 Å². The molecule has 1 amide bonds. The number of carbonyl (C=O) groups excluding carboxylic acids is 1. The van der Waals surface area contributed by atoms with E-state index in [-0.39, 0.29) is 22.2 Å². The first-order valence-electron chi connectivity index (χ1n) is 4.55. The standard InChI is InChI=1S/C8H6N6O3S/c9-6-5(1-4(2-10-6)14(16)17)7(15)12-8-13-11-3-18-8/h1-3H,(H2,9,10)(H,12,13,15). The van der Waals surface area contributed by atoms with Gasteiger partial charge in [0.1, 0.15) is 17.5 Å². The first-order valence-corrected chi connectivity index (χ1v) is 5.43. The molecule has 0 aliphatic carbocycles. The Hall–Kier alpha value is -2.62. The zero-order chi connectivity index (χ0) is 13.1. The van der Waals surface area contributed by atoms with Gasteiger partial charge in [0.25, 0.3) is 11.6 Å². The van der Waals surface area contributed by atoms with Crippen LogP contribution in [-0.2, 0) is 0 Å². The minimum absolute atomic E-state index is 0.0839. The molecule has 9 nitrogen and oxygen atoms in total. The number of hydrogen-bond donors (Lipinski definition) is 2. The number of nitrogens with one attached hydrogen (secondary N) is 1. The lowest BCUT2D eigenvalue weighted by Gasteiger charge is -2.03. The van der Waals surface area contributed by atoms with E-state index in [1.165, 1.54) is 5.51 Å². The Labute approximate surface area is 104 Å². The number of pyridine rings is 1. The molecule has 0 aliphatic heterocycles. The van der Waals surface area contributed by atoms with Gasteiger partial charge in [0, 0.05) is 6.07 Å². The van der Waals surface area contributed by atoms with Crippen LogP contribution in [0.2, 0.25) is 0 Å². The van der Waals surface area contributed by atoms with E-state index in [1.54, 1.807) is 0 Å². The Bertz CT molecular complexity index is 599. The van der Waals surface area contributed by atoms with Crippen molar-refractivity contribution in [2.75, 3.05) is 11.1 Å². The van der Waals surface area contributed by atoms with Crippen LogP contribution in [0.5, 0.6) is 0 Å². The summed E-state index contributed by atoms with van der Waals surface area (Å²) >= 11 is 1.11. The first kappa shape index (κ1) is 11.9. The number of hydrogen-bond acceptors (Lipinski definition) is 8. The van der Waals surface area contributed by atoms with Gasteiger partial charge in [-0.05, 0) is 0 Å². The summed E-state index contributed by atoms with van der Waals surface area (Å²) in [5.41, 5.74) is 6.53. The highest BCUT2D eigenvalue weighted by Crippen LogP contribution is 2.18. The predicted octanol–water partition coefficient (Wildman–Crippen LogP) is 0.676. The van der Waals surface area contributed by atoms with Crippen molar-refractivity contribution in [2.45, 2.75) is 0 Å². The second-order valence-electron chi connectivity index (χ2n) is 3.08. The summed E-state index contributed by atoms with van der Waals surface area (Å²) in [6.07, 6.45) is 0.983. The lowest BCUT2D eigenvalue weighted by molar-refractivity contribution is -0.385. The van der Waals surface area contributed by atoms with Crippen molar-refractivity contribution in [3.63, 3.8) is 0 Å². The van der Waals surface area contributed by atoms with Gasteiger partial charge in [-0.2, -0.15) is 0 Å². The van der Waals surface area contributed by atoms with Crippen molar-refractivity contribution in [2.24, 2.45) is 0 Å². The average molecular weight is 266 g/mol. The fraction of sp³-hybridized carbons (Fsp3) is 0. The maximum Gasteiger partial charge on any atom is 0.288 e. The molecule has 92 valence electrons. The number of aromatic nitrogens is 3. The molecule has 0 aliphatic rings. The highest BCUT2D eigenvalue weighted by Gasteiger charge is 2.17. The molecule has 10 heteroatoms. The second kappa shape index (κ2) is 4.71. The molecule has 18 heavy (non-hydrogen) atoms. The highest BCUT2D eigenvalue weighted by molar-refractivity contribution is 7.13. The number of carbonyl (C=O) groups is 1.